The number of nitrogens with one attached hydrogen (secondary N) is 1. The molecule has 1 aliphatic rings. The lowest BCUT2D eigenvalue weighted by atomic mass is 10.2. The van der Waals surface area contributed by atoms with Gasteiger partial charge in [0.05, 0.1) is 11.4 Å². The normalized spacial score (nSPS) is 14.5. The Bertz CT molecular complexity index is 954. The number of halogens is 1. The molecule has 0 bridgehead atoms. The summed E-state index contributed by atoms with van der Waals surface area (Å²) in [4.78, 5) is 15.3. The second-order valence-electron chi connectivity index (χ2n) is 7.11. The fourth-order valence-electron chi connectivity index (χ4n) is 3.60. The molecule has 2 aromatic heterocycles. The third-order valence-corrected chi connectivity index (χ3v) is 5.38. The lowest BCUT2D eigenvalue weighted by Crippen LogP contribution is -2.34. The highest BCUT2D eigenvalue weighted by Crippen LogP contribution is 2.23. The monoisotopic (exact) mass is 397 g/mol. The van der Waals surface area contributed by atoms with E-state index in [2.05, 4.69) is 10.2 Å². The molecule has 1 N–H and O–H groups in total. The van der Waals surface area contributed by atoms with Gasteiger partial charge in [-0.1, -0.05) is 11.6 Å². The van der Waals surface area contributed by atoms with Crippen LogP contribution in [0.15, 0.2) is 48.7 Å². The summed E-state index contributed by atoms with van der Waals surface area (Å²) in [6.07, 6.45) is 4.46. The molecule has 6 nitrogen and oxygen atoms in total. The molecular weight excluding hydrogens is 374 g/mol. The van der Waals surface area contributed by atoms with Crippen molar-refractivity contribution < 1.29 is 4.79 Å². The number of rotatable bonds is 6. The number of likely N-dealkylation sites (tertiary alicyclic amines) is 1. The Morgan fingerprint density at radius 3 is 2.61 bits per heavy atom. The van der Waals surface area contributed by atoms with E-state index in [-0.39, 0.29) is 5.91 Å². The Balaban J connectivity index is 1.60. The molecule has 4 rings (SSSR count). The third-order valence-electron chi connectivity index (χ3n) is 5.13. The fraction of sp³-hybridized carbons (Fsp3) is 0.333. The van der Waals surface area contributed by atoms with Crippen LogP contribution in [0.4, 0.5) is 0 Å². The summed E-state index contributed by atoms with van der Waals surface area (Å²) in [5.41, 5.74) is 3.03. The maximum absolute atomic E-state index is 12.9. The summed E-state index contributed by atoms with van der Waals surface area (Å²) in [6.45, 7) is 3.75. The minimum absolute atomic E-state index is 0.123. The number of hydrogen-bond donors (Lipinski definition) is 1. The van der Waals surface area contributed by atoms with Crippen molar-refractivity contribution in [3.8, 4) is 17.1 Å². The first-order valence-corrected chi connectivity index (χ1v) is 9.98. The summed E-state index contributed by atoms with van der Waals surface area (Å²) < 4.78 is 3.67. The van der Waals surface area contributed by atoms with Crippen molar-refractivity contribution in [3.63, 3.8) is 0 Å². The zero-order valence-corrected chi connectivity index (χ0v) is 16.7. The third kappa shape index (κ3) is 3.98. The van der Waals surface area contributed by atoms with E-state index in [1.807, 2.05) is 48.1 Å². The van der Waals surface area contributed by atoms with Gasteiger partial charge >= 0.3 is 0 Å². The first-order valence-electron chi connectivity index (χ1n) is 9.60. The van der Waals surface area contributed by atoms with Crippen molar-refractivity contribution >= 4 is 17.5 Å². The minimum Gasteiger partial charge on any atom is -0.349 e. The number of aromatic nitrogens is 3. The molecule has 0 aliphatic carbocycles. The Morgan fingerprint density at radius 2 is 1.93 bits per heavy atom. The van der Waals surface area contributed by atoms with E-state index >= 15 is 0 Å². The summed E-state index contributed by atoms with van der Waals surface area (Å²) in [5.74, 6) is -0.123. The molecule has 3 heterocycles. The Labute approximate surface area is 169 Å². The highest BCUT2D eigenvalue weighted by atomic mass is 35.5. The van der Waals surface area contributed by atoms with Crippen LogP contribution >= 0.6 is 11.6 Å². The molecule has 1 aliphatic heterocycles. The van der Waals surface area contributed by atoms with Gasteiger partial charge in [-0.2, -0.15) is 5.10 Å². The van der Waals surface area contributed by atoms with Crippen molar-refractivity contribution in [1.82, 2.24) is 24.6 Å². The van der Waals surface area contributed by atoms with Gasteiger partial charge in [-0.05, 0) is 68.4 Å². The van der Waals surface area contributed by atoms with E-state index in [4.69, 9.17) is 16.7 Å². The molecule has 0 saturated carbocycles. The molecule has 0 radical (unpaired) electrons. The maximum atomic E-state index is 12.9. The highest BCUT2D eigenvalue weighted by molar-refractivity contribution is 6.30. The van der Waals surface area contributed by atoms with Crippen molar-refractivity contribution in [2.45, 2.75) is 12.8 Å². The van der Waals surface area contributed by atoms with Crippen LogP contribution in [0.3, 0.4) is 0 Å². The largest absolute Gasteiger partial charge is 0.349 e. The molecular formula is C21H24ClN5O. The predicted molar refractivity (Wildman–Crippen MR) is 111 cm³/mol. The Kier molecular flexibility index (Phi) is 5.50. The Hall–Kier alpha value is -2.57. The van der Waals surface area contributed by atoms with E-state index in [1.165, 1.54) is 12.8 Å². The second kappa shape index (κ2) is 8.20. The van der Waals surface area contributed by atoms with E-state index in [0.717, 1.165) is 36.7 Å². The smallest absolute Gasteiger partial charge is 0.270 e. The Morgan fingerprint density at radius 1 is 1.18 bits per heavy atom. The summed E-state index contributed by atoms with van der Waals surface area (Å²) in [6, 6.07) is 13.1. The summed E-state index contributed by atoms with van der Waals surface area (Å²) >= 11 is 6.02. The van der Waals surface area contributed by atoms with Crippen LogP contribution in [-0.4, -0.2) is 51.3 Å². The maximum Gasteiger partial charge on any atom is 0.270 e. The molecule has 1 amide bonds. The average Bonchev–Trinajstić information content (AvgIpc) is 3.42. The first kappa shape index (κ1) is 18.8. The number of nitrogens with zero attached hydrogens (tertiary/aromatic N) is 4. The van der Waals surface area contributed by atoms with Gasteiger partial charge in [0, 0.05) is 31.4 Å². The quantitative estimate of drug-likeness (QED) is 0.694. The molecule has 1 saturated heterocycles. The van der Waals surface area contributed by atoms with Crippen molar-refractivity contribution in [1.29, 1.82) is 0 Å². The van der Waals surface area contributed by atoms with Crippen LogP contribution in [0, 0.1) is 0 Å². The SMILES string of the molecule is Cn1cccc1-c1cc(C(=O)NCCN2CCCC2)n(-c2ccc(Cl)cc2)n1. The summed E-state index contributed by atoms with van der Waals surface area (Å²) in [7, 11) is 1.96. The number of carbonyl (C=O) groups is 1. The van der Waals surface area contributed by atoms with E-state index in [9.17, 15) is 4.79 Å². The van der Waals surface area contributed by atoms with Gasteiger partial charge in [-0.25, -0.2) is 4.68 Å². The first-order chi connectivity index (χ1) is 13.6. The van der Waals surface area contributed by atoms with Crippen molar-refractivity contribution in [2.24, 2.45) is 7.05 Å². The molecule has 1 aromatic carbocycles. The zero-order valence-electron chi connectivity index (χ0n) is 15.9. The lowest BCUT2D eigenvalue weighted by molar-refractivity contribution is 0.0942. The fourth-order valence-corrected chi connectivity index (χ4v) is 3.72. The van der Waals surface area contributed by atoms with Gasteiger partial charge in [-0.3, -0.25) is 4.79 Å². The van der Waals surface area contributed by atoms with Crippen LogP contribution in [0.5, 0.6) is 0 Å². The number of benzene rings is 1. The second-order valence-corrected chi connectivity index (χ2v) is 7.55. The van der Waals surface area contributed by atoms with Gasteiger partial charge in [0.15, 0.2) is 0 Å². The van der Waals surface area contributed by atoms with Gasteiger partial charge in [-0.15, -0.1) is 0 Å². The van der Waals surface area contributed by atoms with E-state index in [0.29, 0.717) is 17.3 Å². The van der Waals surface area contributed by atoms with E-state index < -0.39 is 0 Å². The molecule has 0 unspecified atom stereocenters. The van der Waals surface area contributed by atoms with Crippen LogP contribution in [0.1, 0.15) is 23.3 Å². The number of hydrogen-bond acceptors (Lipinski definition) is 3. The summed E-state index contributed by atoms with van der Waals surface area (Å²) in [5, 5.41) is 8.40. The highest BCUT2D eigenvalue weighted by Gasteiger charge is 2.19. The van der Waals surface area contributed by atoms with Crippen LogP contribution in [0.25, 0.3) is 17.1 Å². The average molecular weight is 398 g/mol. The number of amides is 1. The van der Waals surface area contributed by atoms with E-state index in [1.54, 1.807) is 16.8 Å². The number of carbonyl (C=O) groups excluding carboxylic acids is 1. The molecule has 1 fully saturated rings. The predicted octanol–water partition coefficient (Wildman–Crippen LogP) is 3.36. The zero-order chi connectivity index (χ0) is 19.5. The van der Waals surface area contributed by atoms with Crippen molar-refractivity contribution in [3.05, 3.63) is 59.4 Å². The molecule has 146 valence electrons. The van der Waals surface area contributed by atoms with Crippen LogP contribution < -0.4 is 5.32 Å². The van der Waals surface area contributed by atoms with Crippen LogP contribution in [-0.2, 0) is 7.05 Å². The van der Waals surface area contributed by atoms with Gasteiger partial charge in [0.25, 0.3) is 5.91 Å². The van der Waals surface area contributed by atoms with Crippen molar-refractivity contribution in [2.75, 3.05) is 26.2 Å². The molecule has 0 spiro atoms. The molecule has 3 aromatic rings. The standard InChI is InChI=1S/C21H24ClN5O/c1-25-11-4-5-19(25)18-15-20(21(28)23-10-14-26-12-2-3-13-26)27(24-18)17-8-6-16(22)7-9-17/h4-9,11,15H,2-3,10,12-14H2,1H3,(H,23,28). The van der Waals surface area contributed by atoms with Gasteiger partial charge in [0.2, 0.25) is 0 Å². The number of aryl methyl sites for hydroxylation is 1. The van der Waals surface area contributed by atoms with Crippen LogP contribution in [0.2, 0.25) is 5.02 Å². The molecule has 7 heteroatoms. The molecule has 28 heavy (non-hydrogen) atoms. The van der Waals surface area contributed by atoms with Gasteiger partial charge < -0.3 is 14.8 Å². The topological polar surface area (TPSA) is 55.1 Å². The molecule has 0 atom stereocenters. The minimum atomic E-state index is -0.123. The lowest BCUT2D eigenvalue weighted by Gasteiger charge is -2.15. The van der Waals surface area contributed by atoms with Gasteiger partial charge in [0.1, 0.15) is 11.4 Å².